The summed E-state index contributed by atoms with van der Waals surface area (Å²) in [5, 5.41) is 4.72. The molecule has 1 saturated heterocycles. The smallest absolute Gasteiger partial charge is 0.157 e. The van der Waals surface area contributed by atoms with Crippen molar-refractivity contribution in [1.82, 2.24) is 10.2 Å². The second-order valence-electron chi connectivity index (χ2n) is 4.20. The maximum atomic E-state index is 4.65. The molecule has 2 aliphatic rings. The summed E-state index contributed by atoms with van der Waals surface area (Å²) >= 11 is 1.88. The van der Waals surface area contributed by atoms with Crippen LogP contribution in [0.4, 0.5) is 0 Å². The van der Waals surface area contributed by atoms with E-state index in [4.69, 9.17) is 0 Å². The Morgan fingerprint density at radius 1 is 1.64 bits per heavy atom. The number of nitrogens with zero attached hydrogens (tertiary/aromatic N) is 2. The lowest BCUT2D eigenvalue weighted by molar-refractivity contribution is 0.407. The number of likely N-dealkylation sites (tertiary alicyclic amines) is 1. The Kier molecular flexibility index (Phi) is 3.34. The Labute approximate surface area is 90.3 Å². The first-order valence-electron chi connectivity index (χ1n) is 5.43. The van der Waals surface area contributed by atoms with Crippen LogP contribution < -0.4 is 5.32 Å². The fraction of sp³-hybridized carbons (Fsp3) is 0.900. The summed E-state index contributed by atoms with van der Waals surface area (Å²) in [5.74, 6) is 1.17. The zero-order valence-electron chi connectivity index (χ0n) is 8.99. The lowest BCUT2D eigenvalue weighted by Crippen LogP contribution is -2.34. The van der Waals surface area contributed by atoms with E-state index in [1.807, 2.05) is 11.8 Å². The van der Waals surface area contributed by atoms with Gasteiger partial charge < -0.3 is 10.2 Å². The van der Waals surface area contributed by atoms with Crippen LogP contribution in [0.25, 0.3) is 0 Å². The van der Waals surface area contributed by atoms with E-state index < -0.39 is 0 Å². The van der Waals surface area contributed by atoms with Crippen molar-refractivity contribution in [1.29, 1.82) is 0 Å². The fourth-order valence-electron chi connectivity index (χ4n) is 1.93. The first-order valence-corrected chi connectivity index (χ1v) is 6.42. The van der Waals surface area contributed by atoms with Crippen LogP contribution in [0, 0.1) is 0 Å². The first kappa shape index (κ1) is 10.3. The fourth-order valence-corrected chi connectivity index (χ4v) is 3.07. The van der Waals surface area contributed by atoms with Crippen LogP contribution in [-0.4, -0.2) is 48.0 Å². The van der Waals surface area contributed by atoms with Crippen LogP contribution in [0.5, 0.6) is 0 Å². The molecule has 2 rings (SSSR count). The molecule has 2 heterocycles. The molecule has 0 aromatic carbocycles. The van der Waals surface area contributed by atoms with E-state index in [1.165, 1.54) is 30.3 Å². The molecule has 80 valence electrons. The van der Waals surface area contributed by atoms with Gasteiger partial charge >= 0.3 is 0 Å². The monoisotopic (exact) mass is 213 g/mol. The largest absolute Gasteiger partial charge is 0.361 e. The van der Waals surface area contributed by atoms with Gasteiger partial charge in [0.05, 0.1) is 6.04 Å². The van der Waals surface area contributed by atoms with Gasteiger partial charge in [-0.05, 0) is 26.4 Å². The number of aliphatic imine (C=N–C) groups is 1. The highest BCUT2D eigenvalue weighted by atomic mass is 32.2. The normalized spacial score (nSPS) is 33.4. The van der Waals surface area contributed by atoms with Crippen molar-refractivity contribution in [2.75, 3.05) is 25.9 Å². The second-order valence-corrected chi connectivity index (χ2v) is 5.21. The number of likely N-dealkylation sites (N-methyl/N-ethyl adjacent to an activating group) is 1. The van der Waals surface area contributed by atoms with Crippen LogP contribution in [-0.2, 0) is 0 Å². The zero-order valence-corrected chi connectivity index (χ0v) is 9.81. The maximum Gasteiger partial charge on any atom is 0.157 e. The van der Waals surface area contributed by atoms with Gasteiger partial charge in [-0.15, -0.1) is 0 Å². The van der Waals surface area contributed by atoms with Gasteiger partial charge in [-0.2, -0.15) is 0 Å². The minimum Gasteiger partial charge on any atom is -0.361 e. The van der Waals surface area contributed by atoms with Gasteiger partial charge in [0, 0.05) is 18.3 Å². The molecular formula is C10H19N3S. The van der Waals surface area contributed by atoms with E-state index in [0.29, 0.717) is 12.1 Å². The van der Waals surface area contributed by atoms with Gasteiger partial charge in [0.1, 0.15) is 0 Å². The van der Waals surface area contributed by atoms with Crippen molar-refractivity contribution < 1.29 is 0 Å². The molecule has 0 aromatic rings. The lowest BCUT2D eigenvalue weighted by Gasteiger charge is -2.12. The third-order valence-corrected chi connectivity index (χ3v) is 3.95. The van der Waals surface area contributed by atoms with Crippen molar-refractivity contribution in [2.24, 2.45) is 4.99 Å². The van der Waals surface area contributed by atoms with Crippen molar-refractivity contribution >= 4 is 16.9 Å². The lowest BCUT2D eigenvalue weighted by atomic mass is 10.3. The predicted molar refractivity (Wildman–Crippen MR) is 63.0 cm³/mol. The van der Waals surface area contributed by atoms with Crippen molar-refractivity contribution in [2.45, 2.75) is 31.8 Å². The molecule has 0 bridgehead atoms. The molecule has 2 unspecified atom stereocenters. The quantitative estimate of drug-likeness (QED) is 0.746. The molecule has 0 spiro atoms. The van der Waals surface area contributed by atoms with Crippen LogP contribution >= 0.6 is 11.8 Å². The van der Waals surface area contributed by atoms with E-state index in [2.05, 4.69) is 29.2 Å². The number of hydrogen-bond donors (Lipinski definition) is 1. The molecule has 14 heavy (non-hydrogen) atoms. The number of rotatable bonds is 2. The molecular weight excluding hydrogens is 194 g/mol. The number of thioether (sulfide) groups is 1. The van der Waals surface area contributed by atoms with Gasteiger partial charge in [0.15, 0.2) is 5.17 Å². The van der Waals surface area contributed by atoms with E-state index in [9.17, 15) is 0 Å². The molecule has 2 aliphatic heterocycles. The summed E-state index contributed by atoms with van der Waals surface area (Å²) in [6, 6.07) is 1.18. The molecule has 1 N–H and O–H groups in total. The highest BCUT2D eigenvalue weighted by Crippen LogP contribution is 2.19. The summed E-state index contributed by atoms with van der Waals surface area (Å²) in [6.45, 7) is 4.59. The Hall–Kier alpha value is -0.220. The molecule has 0 saturated carbocycles. The molecule has 1 fully saturated rings. The van der Waals surface area contributed by atoms with Gasteiger partial charge in [0.25, 0.3) is 0 Å². The van der Waals surface area contributed by atoms with Gasteiger partial charge in [-0.3, -0.25) is 4.99 Å². The number of hydrogen-bond acceptors (Lipinski definition) is 4. The number of amidine groups is 1. The van der Waals surface area contributed by atoms with Gasteiger partial charge in [0.2, 0.25) is 0 Å². The molecule has 2 atom stereocenters. The first-order chi connectivity index (χ1) is 6.78. The second kappa shape index (κ2) is 4.53. The van der Waals surface area contributed by atoms with Crippen molar-refractivity contribution in [3.8, 4) is 0 Å². The van der Waals surface area contributed by atoms with Crippen LogP contribution in [0.3, 0.4) is 0 Å². The highest BCUT2D eigenvalue weighted by Gasteiger charge is 2.23. The average molecular weight is 213 g/mol. The molecule has 0 amide bonds. The standard InChI is InChI=1S/C10H19N3S/c1-3-8-7-14-10(11-8)12-9-4-5-13(2)6-9/h8-9H,3-7H2,1-2H3,(H,11,12). The van der Waals surface area contributed by atoms with E-state index >= 15 is 0 Å². The summed E-state index contributed by atoms with van der Waals surface area (Å²) in [6.07, 6.45) is 2.43. The third kappa shape index (κ3) is 2.42. The van der Waals surface area contributed by atoms with Gasteiger partial charge in [-0.1, -0.05) is 18.7 Å². The van der Waals surface area contributed by atoms with Crippen LogP contribution in [0.15, 0.2) is 4.99 Å². The zero-order chi connectivity index (χ0) is 9.97. The highest BCUT2D eigenvalue weighted by molar-refractivity contribution is 8.14. The third-order valence-electron chi connectivity index (χ3n) is 2.90. The summed E-state index contributed by atoms with van der Waals surface area (Å²) in [5.41, 5.74) is 0. The van der Waals surface area contributed by atoms with Gasteiger partial charge in [-0.25, -0.2) is 0 Å². The van der Waals surface area contributed by atoms with Crippen LogP contribution in [0.1, 0.15) is 19.8 Å². The molecule has 4 heteroatoms. The summed E-state index contributed by atoms with van der Waals surface area (Å²) < 4.78 is 0. The minimum atomic E-state index is 0.557. The maximum absolute atomic E-state index is 4.65. The average Bonchev–Trinajstić information content (AvgIpc) is 2.76. The van der Waals surface area contributed by atoms with Crippen LogP contribution in [0.2, 0.25) is 0 Å². The van der Waals surface area contributed by atoms with E-state index in [1.54, 1.807) is 0 Å². The topological polar surface area (TPSA) is 27.6 Å². The minimum absolute atomic E-state index is 0.557. The Morgan fingerprint density at radius 3 is 3.07 bits per heavy atom. The Morgan fingerprint density at radius 2 is 2.50 bits per heavy atom. The summed E-state index contributed by atoms with van der Waals surface area (Å²) in [7, 11) is 2.18. The van der Waals surface area contributed by atoms with E-state index in [0.717, 1.165) is 6.54 Å². The molecule has 0 aromatic heterocycles. The molecule has 3 nitrogen and oxygen atoms in total. The van der Waals surface area contributed by atoms with Crippen molar-refractivity contribution in [3.05, 3.63) is 0 Å². The number of nitrogens with one attached hydrogen (secondary N) is 1. The molecule has 0 radical (unpaired) electrons. The summed E-state index contributed by atoms with van der Waals surface area (Å²) in [4.78, 5) is 7.02. The van der Waals surface area contributed by atoms with Crippen molar-refractivity contribution in [3.63, 3.8) is 0 Å². The SMILES string of the molecule is CCC1CSC(NC2CCN(C)C2)=N1. The predicted octanol–water partition coefficient (Wildman–Crippen LogP) is 1.16. The van der Waals surface area contributed by atoms with E-state index in [-0.39, 0.29) is 0 Å². The Balaban J connectivity index is 1.81. The molecule has 0 aliphatic carbocycles. The Bertz CT molecular complexity index is 229.